The number of hydrogen-bond donors (Lipinski definition) is 1. The second-order valence-electron chi connectivity index (χ2n) is 11.7. The van der Waals surface area contributed by atoms with Crippen LogP contribution in [0, 0.1) is 28.2 Å². The van der Waals surface area contributed by atoms with Gasteiger partial charge in [0.05, 0.1) is 19.1 Å². The van der Waals surface area contributed by atoms with Crippen molar-refractivity contribution >= 4 is 14.0 Å². The smallest absolute Gasteiger partial charge is 0.442 e. The lowest BCUT2D eigenvalue weighted by molar-refractivity contribution is -0.166. The van der Waals surface area contributed by atoms with E-state index < -0.39 is 43.3 Å². The van der Waals surface area contributed by atoms with Crippen LogP contribution in [-0.2, 0) is 21.6 Å². The zero-order chi connectivity index (χ0) is 26.9. The predicted molar refractivity (Wildman–Crippen MR) is 132 cm³/mol. The molecular weight excluding hydrogens is 473 g/mol. The van der Waals surface area contributed by atoms with Gasteiger partial charge in [0.25, 0.3) is 0 Å². The Labute approximate surface area is 207 Å². The Hall–Kier alpha value is -2.18. The molecule has 0 saturated heterocycles. The Kier molecular flexibility index (Phi) is 8.35. The van der Waals surface area contributed by atoms with Gasteiger partial charge < -0.3 is 9.84 Å². The topological polar surface area (TPSA) is 71.2 Å². The maximum absolute atomic E-state index is 13.2. The quantitative estimate of drug-likeness (QED) is 0.242. The SMILES string of the molecule is COC(=O)[C@@H](C(O)CCc1ccc(C2(C(F)(F)F)N=N2)cc1)C(C)(C)CC(C)(C)C#C[Si](C)(C)C. The molecule has 1 aromatic carbocycles. The van der Waals surface area contributed by atoms with Gasteiger partial charge in [-0.25, -0.2) is 0 Å². The monoisotopic (exact) mass is 510 g/mol. The number of benzene rings is 1. The van der Waals surface area contributed by atoms with Crippen molar-refractivity contribution in [2.75, 3.05) is 7.11 Å². The highest BCUT2D eigenvalue weighted by Gasteiger charge is 2.65. The molecule has 0 aromatic heterocycles. The van der Waals surface area contributed by atoms with E-state index >= 15 is 0 Å². The maximum atomic E-state index is 13.2. The van der Waals surface area contributed by atoms with E-state index in [0.717, 1.165) is 5.56 Å². The van der Waals surface area contributed by atoms with Crippen LogP contribution in [0.5, 0.6) is 0 Å². The first kappa shape index (κ1) is 29.0. The Bertz CT molecular complexity index is 994. The molecule has 0 fully saturated rings. The number of ether oxygens (including phenoxy) is 1. The number of nitrogens with zero attached hydrogens (tertiary/aromatic N) is 2. The van der Waals surface area contributed by atoms with Gasteiger partial charge in [-0.2, -0.15) is 13.2 Å². The predicted octanol–water partition coefficient (Wildman–Crippen LogP) is 6.27. The van der Waals surface area contributed by atoms with Crippen molar-refractivity contribution < 1.29 is 27.8 Å². The fourth-order valence-electron chi connectivity index (χ4n) is 4.60. The van der Waals surface area contributed by atoms with Crippen molar-refractivity contribution in [1.82, 2.24) is 0 Å². The molecule has 0 radical (unpaired) electrons. The Morgan fingerprint density at radius 2 is 1.66 bits per heavy atom. The van der Waals surface area contributed by atoms with E-state index in [2.05, 4.69) is 41.3 Å². The highest BCUT2D eigenvalue weighted by atomic mass is 28.3. The minimum Gasteiger partial charge on any atom is -0.469 e. The van der Waals surface area contributed by atoms with Gasteiger partial charge in [0.1, 0.15) is 8.07 Å². The van der Waals surface area contributed by atoms with Crippen molar-refractivity contribution in [3.8, 4) is 11.5 Å². The Balaban J connectivity index is 2.13. The number of carbonyl (C=O) groups excluding carboxylic acids is 1. The average Bonchev–Trinajstić information content (AvgIpc) is 3.52. The van der Waals surface area contributed by atoms with E-state index in [0.29, 0.717) is 12.8 Å². The standard InChI is InChI=1S/C26H37F3N2O3Si/c1-23(2,15-16-35(6,7)8)17-24(3,4)21(22(33)34-5)20(32)14-11-18-9-12-19(13-10-18)25(30-31-25)26(27,28)29/h9-10,12-13,20-21,32H,11,14,17H2,1-8H3/t20?,21-/m1/s1. The van der Waals surface area contributed by atoms with Crippen molar-refractivity contribution in [3.05, 3.63) is 35.4 Å². The number of hydrogen-bond acceptors (Lipinski definition) is 5. The fourth-order valence-corrected chi connectivity index (χ4v) is 5.31. The van der Waals surface area contributed by atoms with E-state index in [1.807, 2.05) is 27.7 Å². The molecule has 35 heavy (non-hydrogen) atoms. The van der Waals surface area contributed by atoms with Crippen LogP contribution in [-0.4, -0.2) is 38.5 Å². The van der Waals surface area contributed by atoms with Crippen LogP contribution in [0.15, 0.2) is 34.5 Å². The lowest BCUT2D eigenvalue weighted by Crippen LogP contribution is -2.43. The van der Waals surface area contributed by atoms with Crippen molar-refractivity contribution in [3.63, 3.8) is 0 Å². The number of carbonyl (C=O) groups is 1. The average molecular weight is 511 g/mol. The number of halogens is 3. The van der Waals surface area contributed by atoms with E-state index in [-0.39, 0.29) is 17.4 Å². The number of esters is 1. The summed E-state index contributed by atoms with van der Waals surface area (Å²) >= 11 is 0. The summed E-state index contributed by atoms with van der Waals surface area (Å²) in [6.07, 6.45) is -4.35. The first-order valence-corrected chi connectivity index (χ1v) is 15.2. The van der Waals surface area contributed by atoms with Crippen molar-refractivity contribution in [2.45, 2.75) is 84.5 Å². The molecule has 194 valence electrons. The number of methoxy groups -OCH3 is 1. The summed E-state index contributed by atoms with van der Waals surface area (Å²) in [5.41, 5.74) is 0.685. The van der Waals surface area contributed by atoms with Crippen LogP contribution in [0.3, 0.4) is 0 Å². The van der Waals surface area contributed by atoms with Crippen LogP contribution in [0.2, 0.25) is 19.6 Å². The molecule has 2 atom stereocenters. The zero-order valence-electron chi connectivity index (χ0n) is 21.9. The lowest BCUT2D eigenvalue weighted by Gasteiger charge is -2.39. The molecule has 1 aliphatic rings. The van der Waals surface area contributed by atoms with Crippen LogP contribution in [0.25, 0.3) is 0 Å². The number of aryl methyl sites for hydroxylation is 1. The largest absolute Gasteiger partial charge is 0.469 e. The molecule has 0 spiro atoms. The summed E-state index contributed by atoms with van der Waals surface area (Å²) in [7, 11) is -0.266. The lowest BCUT2D eigenvalue weighted by atomic mass is 9.66. The molecule has 1 unspecified atom stereocenters. The van der Waals surface area contributed by atoms with Gasteiger partial charge in [-0.3, -0.25) is 4.79 Å². The van der Waals surface area contributed by atoms with Crippen molar-refractivity contribution in [2.24, 2.45) is 27.0 Å². The number of alkyl halides is 3. The first-order valence-electron chi connectivity index (χ1n) is 11.7. The molecule has 1 N–H and O–H groups in total. The number of aliphatic hydroxyl groups is 1. The molecule has 1 heterocycles. The molecule has 1 aliphatic heterocycles. The van der Waals surface area contributed by atoms with E-state index in [4.69, 9.17) is 4.74 Å². The molecule has 5 nitrogen and oxygen atoms in total. The van der Waals surface area contributed by atoms with Gasteiger partial charge in [-0.05, 0) is 44.1 Å². The van der Waals surface area contributed by atoms with Gasteiger partial charge in [-0.1, -0.05) is 57.8 Å². The summed E-state index contributed by atoms with van der Waals surface area (Å²) in [5, 5.41) is 17.5. The Morgan fingerprint density at radius 3 is 2.09 bits per heavy atom. The van der Waals surface area contributed by atoms with E-state index in [9.17, 15) is 23.1 Å². The summed E-state index contributed by atoms with van der Waals surface area (Å²) in [6.45, 7) is 14.5. The van der Waals surface area contributed by atoms with Gasteiger partial charge in [0.2, 0.25) is 0 Å². The highest BCUT2D eigenvalue weighted by molar-refractivity contribution is 6.83. The maximum Gasteiger partial charge on any atom is 0.442 e. The van der Waals surface area contributed by atoms with Crippen LogP contribution >= 0.6 is 0 Å². The molecule has 1 aromatic rings. The van der Waals surface area contributed by atoms with Crippen LogP contribution in [0.1, 0.15) is 51.7 Å². The van der Waals surface area contributed by atoms with Gasteiger partial charge in [-0.15, -0.1) is 21.7 Å². The molecule has 0 bridgehead atoms. The van der Waals surface area contributed by atoms with Crippen LogP contribution < -0.4 is 0 Å². The fraction of sp³-hybridized carbons (Fsp3) is 0.654. The molecule has 2 rings (SSSR count). The highest BCUT2D eigenvalue weighted by Crippen LogP contribution is 2.52. The molecule has 9 heteroatoms. The first-order chi connectivity index (χ1) is 15.8. The minimum atomic E-state index is -4.57. The summed E-state index contributed by atoms with van der Waals surface area (Å²) < 4.78 is 44.6. The number of rotatable bonds is 9. The number of aliphatic hydroxyl groups excluding tert-OH is 1. The van der Waals surface area contributed by atoms with E-state index in [1.54, 1.807) is 12.1 Å². The summed E-state index contributed by atoms with van der Waals surface area (Å²) in [6, 6.07) is 5.87. The second-order valence-corrected chi connectivity index (χ2v) is 16.5. The normalized spacial score (nSPS) is 17.3. The Morgan fingerprint density at radius 1 is 1.11 bits per heavy atom. The summed E-state index contributed by atoms with van der Waals surface area (Å²) in [4.78, 5) is 12.7. The third kappa shape index (κ3) is 7.40. The molecule has 0 amide bonds. The zero-order valence-corrected chi connectivity index (χ0v) is 22.9. The molecular formula is C26H37F3N2O3Si. The van der Waals surface area contributed by atoms with Gasteiger partial charge >= 0.3 is 17.8 Å². The third-order valence-electron chi connectivity index (χ3n) is 6.14. The third-order valence-corrected chi connectivity index (χ3v) is 7.01. The van der Waals surface area contributed by atoms with Gasteiger partial charge in [0, 0.05) is 11.0 Å². The van der Waals surface area contributed by atoms with E-state index in [1.165, 1.54) is 19.2 Å². The molecule has 0 saturated carbocycles. The van der Waals surface area contributed by atoms with Crippen LogP contribution in [0.4, 0.5) is 13.2 Å². The second kappa shape index (κ2) is 10.1. The minimum absolute atomic E-state index is 0.0375. The summed E-state index contributed by atoms with van der Waals surface area (Å²) in [5.74, 6) is 2.11. The van der Waals surface area contributed by atoms with Gasteiger partial charge in [0.15, 0.2) is 0 Å². The molecule has 0 aliphatic carbocycles. The van der Waals surface area contributed by atoms with Crippen molar-refractivity contribution in [1.29, 1.82) is 0 Å².